The van der Waals surface area contributed by atoms with Crippen LogP contribution in [0.4, 0.5) is 0 Å². The lowest BCUT2D eigenvalue weighted by atomic mass is 10.1. The number of aromatic hydroxyl groups is 1. The summed E-state index contributed by atoms with van der Waals surface area (Å²) in [4.78, 5) is 12.4. The largest absolute Gasteiger partial charge is 0.508 e. The molecule has 1 N–H and O–H groups in total. The SMILES string of the molecule is COc1cnc(Cc2cccnc2)c(OC)c1C.Cc1cc(O)ccn1. The maximum atomic E-state index is 8.77. The number of aryl methyl sites for hydroxylation is 1. The highest BCUT2D eigenvalue weighted by molar-refractivity contribution is 5.46. The first-order chi connectivity index (χ1) is 12.5. The van der Waals surface area contributed by atoms with Crippen LogP contribution < -0.4 is 9.47 Å². The van der Waals surface area contributed by atoms with Crippen molar-refractivity contribution in [2.24, 2.45) is 0 Å². The number of hydrogen-bond acceptors (Lipinski definition) is 6. The number of ether oxygens (including phenoxy) is 2. The van der Waals surface area contributed by atoms with Crippen molar-refractivity contribution in [1.82, 2.24) is 15.0 Å². The molecule has 0 bridgehead atoms. The van der Waals surface area contributed by atoms with Gasteiger partial charge in [0.2, 0.25) is 0 Å². The van der Waals surface area contributed by atoms with Gasteiger partial charge in [0.05, 0.1) is 26.1 Å². The molecule has 0 aliphatic carbocycles. The van der Waals surface area contributed by atoms with E-state index in [1.54, 1.807) is 44.9 Å². The second kappa shape index (κ2) is 9.36. The Hall–Kier alpha value is -3.15. The molecule has 3 aromatic heterocycles. The second-order valence-corrected chi connectivity index (χ2v) is 5.62. The first-order valence-electron chi connectivity index (χ1n) is 8.12. The van der Waals surface area contributed by atoms with Crippen molar-refractivity contribution in [2.75, 3.05) is 14.2 Å². The first-order valence-corrected chi connectivity index (χ1v) is 8.12. The van der Waals surface area contributed by atoms with Crippen LogP contribution in [0.3, 0.4) is 0 Å². The molecular weight excluding hydrogens is 330 g/mol. The zero-order valence-electron chi connectivity index (χ0n) is 15.4. The van der Waals surface area contributed by atoms with E-state index in [4.69, 9.17) is 14.6 Å². The Morgan fingerprint density at radius 3 is 2.35 bits per heavy atom. The summed E-state index contributed by atoms with van der Waals surface area (Å²) >= 11 is 0. The van der Waals surface area contributed by atoms with Gasteiger partial charge in [0.1, 0.15) is 17.2 Å². The summed E-state index contributed by atoms with van der Waals surface area (Å²) in [7, 11) is 3.28. The molecular formula is C20H23N3O3. The van der Waals surface area contributed by atoms with Crippen LogP contribution in [0.2, 0.25) is 0 Å². The Bertz CT molecular complexity index is 822. The van der Waals surface area contributed by atoms with Crippen molar-refractivity contribution in [3.05, 3.63) is 71.6 Å². The summed E-state index contributed by atoms with van der Waals surface area (Å²) in [5.41, 5.74) is 3.80. The summed E-state index contributed by atoms with van der Waals surface area (Å²) in [6.45, 7) is 3.80. The average Bonchev–Trinajstić information content (AvgIpc) is 2.63. The third kappa shape index (κ3) is 5.17. The maximum Gasteiger partial charge on any atom is 0.147 e. The molecule has 3 aromatic rings. The third-order valence-electron chi connectivity index (χ3n) is 3.71. The van der Waals surface area contributed by atoms with Gasteiger partial charge in [0.15, 0.2) is 0 Å². The summed E-state index contributed by atoms with van der Waals surface area (Å²) in [5.74, 6) is 1.79. The lowest BCUT2D eigenvalue weighted by Gasteiger charge is -2.13. The zero-order valence-corrected chi connectivity index (χ0v) is 15.4. The number of rotatable bonds is 4. The van der Waals surface area contributed by atoms with Gasteiger partial charge in [-0.3, -0.25) is 15.0 Å². The lowest BCUT2D eigenvalue weighted by molar-refractivity contribution is 0.382. The van der Waals surface area contributed by atoms with Crippen molar-refractivity contribution in [2.45, 2.75) is 20.3 Å². The molecule has 0 radical (unpaired) electrons. The van der Waals surface area contributed by atoms with E-state index >= 15 is 0 Å². The van der Waals surface area contributed by atoms with Crippen LogP contribution >= 0.6 is 0 Å². The smallest absolute Gasteiger partial charge is 0.147 e. The van der Waals surface area contributed by atoms with Crippen molar-refractivity contribution in [3.8, 4) is 17.2 Å². The summed E-state index contributed by atoms with van der Waals surface area (Å²) in [5, 5.41) is 8.77. The first kappa shape index (κ1) is 19.2. The van der Waals surface area contributed by atoms with Gasteiger partial charge in [0.25, 0.3) is 0 Å². The van der Waals surface area contributed by atoms with Crippen molar-refractivity contribution >= 4 is 0 Å². The quantitative estimate of drug-likeness (QED) is 0.774. The van der Waals surface area contributed by atoms with Gasteiger partial charge in [-0.15, -0.1) is 0 Å². The predicted octanol–water partition coefficient (Wildman–Crippen LogP) is 3.49. The van der Waals surface area contributed by atoms with Crippen LogP contribution in [0.5, 0.6) is 17.2 Å². The van der Waals surface area contributed by atoms with Gasteiger partial charge >= 0.3 is 0 Å². The zero-order chi connectivity index (χ0) is 18.9. The van der Waals surface area contributed by atoms with Gasteiger partial charge in [-0.2, -0.15) is 0 Å². The van der Waals surface area contributed by atoms with Gasteiger partial charge in [-0.05, 0) is 31.5 Å². The van der Waals surface area contributed by atoms with Gasteiger partial charge in [-0.1, -0.05) is 6.07 Å². The van der Waals surface area contributed by atoms with Crippen LogP contribution in [0.1, 0.15) is 22.5 Å². The number of pyridine rings is 3. The summed E-state index contributed by atoms with van der Waals surface area (Å²) < 4.78 is 10.7. The fraction of sp³-hybridized carbons (Fsp3) is 0.250. The highest BCUT2D eigenvalue weighted by Crippen LogP contribution is 2.30. The predicted molar refractivity (Wildman–Crippen MR) is 99.8 cm³/mol. The van der Waals surface area contributed by atoms with Crippen molar-refractivity contribution < 1.29 is 14.6 Å². The number of methoxy groups -OCH3 is 2. The molecule has 0 atom stereocenters. The Morgan fingerprint density at radius 2 is 1.81 bits per heavy atom. The molecule has 0 spiro atoms. The summed E-state index contributed by atoms with van der Waals surface area (Å²) in [6, 6.07) is 7.10. The highest BCUT2D eigenvalue weighted by atomic mass is 16.5. The molecule has 6 nitrogen and oxygen atoms in total. The van der Waals surface area contributed by atoms with E-state index in [1.165, 1.54) is 0 Å². The lowest BCUT2D eigenvalue weighted by Crippen LogP contribution is -2.01. The highest BCUT2D eigenvalue weighted by Gasteiger charge is 2.13. The van der Waals surface area contributed by atoms with E-state index in [9.17, 15) is 0 Å². The maximum absolute atomic E-state index is 8.77. The van der Waals surface area contributed by atoms with E-state index in [2.05, 4.69) is 15.0 Å². The van der Waals surface area contributed by atoms with Crippen molar-refractivity contribution in [3.63, 3.8) is 0 Å². The monoisotopic (exact) mass is 353 g/mol. The van der Waals surface area contributed by atoms with Crippen LogP contribution in [-0.4, -0.2) is 34.3 Å². The Morgan fingerprint density at radius 1 is 1.00 bits per heavy atom. The normalized spacial score (nSPS) is 9.85. The molecule has 0 amide bonds. The average molecular weight is 353 g/mol. The molecule has 0 aliphatic heterocycles. The third-order valence-corrected chi connectivity index (χ3v) is 3.71. The molecule has 0 saturated carbocycles. The van der Waals surface area contributed by atoms with Crippen LogP contribution in [-0.2, 0) is 6.42 Å². The van der Waals surface area contributed by atoms with E-state index in [-0.39, 0.29) is 5.75 Å². The number of aromatic nitrogens is 3. The Balaban J connectivity index is 0.000000254. The summed E-state index contributed by atoms with van der Waals surface area (Å²) in [6.07, 6.45) is 7.59. The number of hydrogen-bond donors (Lipinski definition) is 1. The number of nitrogens with zero attached hydrogens (tertiary/aromatic N) is 3. The molecule has 0 unspecified atom stereocenters. The van der Waals surface area contributed by atoms with E-state index < -0.39 is 0 Å². The fourth-order valence-corrected chi connectivity index (χ4v) is 2.45. The fourth-order valence-electron chi connectivity index (χ4n) is 2.45. The molecule has 136 valence electrons. The van der Waals surface area contributed by atoms with Crippen LogP contribution in [0.15, 0.2) is 49.1 Å². The van der Waals surface area contributed by atoms with E-state index in [1.807, 2.05) is 32.2 Å². The molecule has 3 rings (SSSR count). The standard InChI is InChI=1S/C14H16N2O2.C6H7NO/c1-10-13(17-2)9-16-12(14(10)18-3)7-11-5-4-6-15-8-11;1-5-4-6(8)2-3-7-5/h4-6,8-9H,7H2,1-3H3;2-4H,1H3,(H,7,8). The van der Waals surface area contributed by atoms with Gasteiger partial charge < -0.3 is 14.6 Å². The molecule has 0 aliphatic rings. The minimum absolute atomic E-state index is 0.275. The molecule has 26 heavy (non-hydrogen) atoms. The van der Waals surface area contributed by atoms with Crippen LogP contribution in [0.25, 0.3) is 0 Å². The molecule has 6 heteroatoms. The molecule has 0 fully saturated rings. The minimum atomic E-state index is 0.275. The Labute approximate surface area is 153 Å². The molecule has 0 saturated heterocycles. The van der Waals surface area contributed by atoms with Crippen molar-refractivity contribution in [1.29, 1.82) is 0 Å². The Kier molecular flexibility index (Phi) is 6.91. The molecule has 3 heterocycles. The molecule has 0 aromatic carbocycles. The van der Waals surface area contributed by atoms with Gasteiger partial charge in [-0.25, -0.2) is 0 Å². The topological polar surface area (TPSA) is 77.4 Å². The second-order valence-electron chi connectivity index (χ2n) is 5.62. The van der Waals surface area contributed by atoms with Gasteiger partial charge in [0, 0.05) is 42.3 Å². The van der Waals surface area contributed by atoms with E-state index in [0.29, 0.717) is 6.42 Å². The van der Waals surface area contributed by atoms with E-state index in [0.717, 1.165) is 34.0 Å². The minimum Gasteiger partial charge on any atom is -0.508 e. The van der Waals surface area contributed by atoms with Crippen LogP contribution in [0, 0.1) is 13.8 Å².